The lowest BCUT2D eigenvalue weighted by molar-refractivity contribution is 0.0523. The van der Waals surface area contributed by atoms with Gasteiger partial charge in [0.1, 0.15) is 24.6 Å². The Morgan fingerprint density at radius 3 is 2.23 bits per heavy atom. The predicted octanol–water partition coefficient (Wildman–Crippen LogP) is 5.68. The Morgan fingerprint density at radius 1 is 0.771 bits per heavy atom. The van der Waals surface area contributed by atoms with Crippen molar-refractivity contribution in [2.75, 3.05) is 13.2 Å². The average molecular weight is 477 g/mol. The molecule has 2 amide bonds. The highest BCUT2D eigenvalue weighted by molar-refractivity contribution is 5.68. The molecule has 2 N–H and O–H groups in total. The number of rotatable bonds is 9. The highest BCUT2D eigenvalue weighted by atomic mass is 16.6. The summed E-state index contributed by atoms with van der Waals surface area (Å²) in [4.78, 5) is 23.6. The minimum absolute atomic E-state index is 0.228. The summed E-state index contributed by atoms with van der Waals surface area (Å²) >= 11 is 0. The van der Waals surface area contributed by atoms with Crippen LogP contribution in [0, 0.1) is 0 Å². The third-order valence-electron chi connectivity index (χ3n) is 4.81. The summed E-state index contributed by atoms with van der Waals surface area (Å²) in [6, 6.07) is 25.2. The molecule has 3 aromatic carbocycles. The topological polar surface area (TPSA) is 85.9 Å². The van der Waals surface area contributed by atoms with Gasteiger partial charge in [-0.05, 0) is 55.2 Å². The van der Waals surface area contributed by atoms with Gasteiger partial charge in [-0.1, -0.05) is 66.7 Å². The van der Waals surface area contributed by atoms with E-state index in [1.54, 1.807) is 0 Å². The fourth-order valence-corrected chi connectivity index (χ4v) is 3.17. The smallest absolute Gasteiger partial charge is 0.407 e. The fourth-order valence-electron chi connectivity index (χ4n) is 3.17. The predicted molar refractivity (Wildman–Crippen MR) is 135 cm³/mol. The lowest BCUT2D eigenvalue weighted by Crippen LogP contribution is -2.32. The van der Waals surface area contributed by atoms with Crippen molar-refractivity contribution in [1.82, 2.24) is 10.6 Å². The number of hydrogen-bond donors (Lipinski definition) is 2. The van der Waals surface area contributed by atoms with Gasteiger partial charge in [0, 0.05) is 6.54 Å². The van der Waals surface area contributed by atoms with E-state index in [1.807, 2.05) is 99.6 Å². The van der Waals surface area contributed by atoms with E-state index in [-0.39, 0.29) is 6.61 Å². The Hall–Kier alpha value is -4.00. The van der Waals surface area contributed by atoms with Gasteiger partial charge in [0.25, 0.3) is 0 Å². The maximum absolute atomic E-state index is 11.8. The van der Waals surface area contributed by atoms with Crippen LogP contribution in [0.4, 0.5) is 9.59 Å². The van der Waals surface area contributed by atoms with Crippen LogP contribution in [0.2, 0.25) is 0 Å². The van der Waals surface area contributed by atoms with Crippen LogP contribution in [-0.4, -0.2) is 30.9 Å². The molecule has 3 aromatic rings. The van der Waals surface area contributed by atoms with E-state index in [0.717, 1.165) is 22.3 Å². The standard InChI is InChI=1S/C28H32N2O5/c1-28(2,3)35-27(32)30-19-21-12-14-23(15-13-21)24-10-7-11-25(18-24)33-17-16-29-26(31)34-20-22-8-5-4-6-9-22/h4-15,18H,16-17,19-20H2,1-3H3,(H,29,31)(H,30,32). The molecule has 0 bridgehead atoms. The third kappa shape index (κ3) is 9.41. The van der Waals surface area contributed by atoms with Crippen molar-refractivity contribution in [3.8, 4) is 16.9 Å². The van der Waals surface area contributed by atoms with Crippen molar-refractivity contribution in [2.24, 2.45) is 0 Å². The van der Waals surface area contributed by atoms with E-state index in [2.05, 4.69) is 10.6 Å². The van der Waals surface area contributed by atoms with Crippen molar-refractivity contribution < 1.29 is 23.8 Å². The highest BCUT2D eigenvalue weighted by Gasteiger charge is 2.15. The molecule has 0 aliphatic carbocycles. The van der Waals surface area contributed by atoms with Gasteiger partial charge in [-0.3, -0.25) is 0 Å². The molecular formula is C28H32N2O5. The molecule has 7 heteroatoms. The van der Waals surface area contributed by atoms with E-state index in [1.165, 1.54) is 0 Å². The number of alkyl carbamates (subject to hydrolysis) is 2. The van der Waals surface area contributed by atoms with Gasteiger partial charge >= 0.3 is 12.2 Å². The first-order valence-corrected chi connectivity index (χ1v) is 11.5. The Labute approximate surface area is 206 Å². The first-order valence-electron chi connectivity index (χ1n) is 11.5. The monoisotopic (exact) mass is 476 g/mol. The molecule has 0 saturated carbocycles. The van der Waals surface area contributed by atoms with Gasteiger partial charge in [-0.2, -0.15) is 0 Å². The summed E-state index contributed by atoms with van der Waals surface area (Å²) in [5, 5.41) is 5.44. The molecule has 0 aliphatic rings. The van der Waals surface area contributed by atoms with Crippen molar-refractivity contribution in [3.63, 3.8) is 0 Å². The number of carbonyl (C=O) groups is 2. The van der Waals surface area contributed by atoms with Crippen LogP contribution in [-0.2, 0) is 22.6 Å². The molecule has 3 rings (SSSR count). The van der Waals surface area contributed by atoms with E-state index in [9.17, 15) is 9.59 Å². The van der Waals surface area contributed by atoms with Crippen LogP contribution in [0.1, 0.15) is 31.9 Å². The lowest BCUT2D eigenvalue weighted by Gasteiger charge is -2.19. The second-order valence-electron chi connectivity index (χ2n) is 8.92. The number of benzene rings is 3. The Balaban J connectivity index is 1.42. The SMILES string of the molecule is CC(C)(C)OC(=O)NCc1ccc(-c2cccc(OCCNC(=O)OCc3ccccc3)c2)cc1. The Morgan fingerprint density at radius 2 is 1.51 bits per heavy atom. The molecule has 0 unspecified atom stereocenters. The molecule has 7 nitrogen and oxygen atoms in total. The normalized spacial score (nSPS) is 10.8. The van der Waals surface area contributed by atoms with Gasteiger partial charge in [0.2, 0.25) is 0 Å². The van der Waals surface area contributed by atoms with Crippen LogP contribution < -0.4 is 15.4 Å². The van der Waals surface area contributed by atoms with Crippen molar-refractivity contribution in [1.29, 1.82) is 0 Å². The van der Waals surface area contributed by atoms with Gasteiger partial charge < -0.3 is 24.8 Å². The summed E-state index contributed by atoms with van der Waals surface area (Å²) in [6.45, 7) is 6.76. The van der Waals surface area contributed by atoms with E-state index in [0.29, 0.717) is 25.4 Å². The van der Waals surface area contributed by atoms with Crippen LogP contribution in [0.5, 0.6) is 5.75 Å². The second-order valence-corrected chi connectivity index (χ2v) is 8.92. The summed E-state index contributed by atoms with van der Waals surface area (Å²) in [7, 11) is 0. The molecule has 0 aliphatic heterocycles. The molecular weight excluding hydrogens is 444 g/mol. The van der Waals surface area contributed by atoms with E-state index >= 15 is 0 Å². The van der Waals surface area contributed by atoms with E-state index in [4.69, 9.17) is 14.2 Å². The summed E-state index contributed by atoms with van der Waals surface area (Å²) < 4.78 is 16.2. The zero-order valence-corrected chi connectivity index (χ0v) is 20.4. The van der Waals surface area contributed by atoms with Gasteiger partial charge in [0.05, 0.1) is 6.54 Å². The lowest BCUT2D eigenvalue weighted by atomic mass is 10.0. The molecule has 184 valence electrons. The number of amides is 2. The highest BCUT2D eigenvalue weighted by Crippen LogP contribution is 2.24. The minimum Gasteiger partial charge on any atom is -0.492 e. The third-order valence-corrected chi connectivity index (χ3v) is 4.81. The number of carbonyl (C=O) groups excluding carboxylic acids is 2. The van der Waals surface area contributed by atoms with Crippen molar-refractivity contribution in [2.45, 2.75) is 39.5 Å². The fraction of sp³-hybridized carbons (Fsp3) is 0.286. The molecule has 0 atom stereocenters. The number of nitrogens with one attached hydrogen (secondary N) is 2. The molecule has 0 radical (unpaired) electrons. The molecule has 0 spiro atoms. The molecule has 0 heterocycles. The molecule has 0 aromatic heterocycles. The average Bonchev–Trinajstić information content (AvgIpc) is 2.84. The summed E-state index contributed by atoms with van der Waals surface area (Å²) in [5.74, 6) is 0.706. The summed E-state index contributed by atoms with van der Waals surface area (Å²) in [6.07, 6.45) is -0.919. The van der Waals surface area contributed by atoms with Gasteiger partial charge in [-0.15, -0.1) is 0 Å². The van der Waals surface area contributed by atoms with Crippen LogP contribution in [0.3, 0.4) is 0 Å². The van der Waals surface area contributed by atoms with Crippen LogP contribution >= 0.6 is 0 Å². The Bertz CT molecular complexity index is 1090. The van der Waals surface area contributed by atoms with Gasteiger partial charge in [0.15, 0.2) is 0 Å². The number of ether oxygens (including phenoxy) is 3. The zero-order chi connectivity index (χ0) is 25.1. The Kier molecular flexibility index (Phi) is 9.12. The van der Waals surface area contributed by atoms with Crippen molar-refractivity contribution >= 4 is 12.2 Å². The van der Waals surface area contributed by atoms with Crippen molar-refractivity contribution in [3.05, 3.63) is 90.0 Å². The van der Waals surface area contributed by atoms with Crippen LogP contribution in [0.15, 0.2) is 78.9 Å². The van der Waals surface area contributed by atoms with Gasteiger partial charge in [-0.25, -0.2) is 9.59 Å². The zero-order valence-electron chi connectivity index (χ0n) is 20.4. The maximum Gasteiger partial charge on any atom is 0.407 e. The first-order chi connectivity index (χ1) is 16.8. The van der Waals surface area contributed by atoms with Crippen LogP contribution in [0.25, 0.3) is 11.1 Å². The quantitative estimate of drug-likeness (QED) is 0.388. The molecule has 35 heavy (non-hydrogen) atoms. The second kappa shape index (κ2) is 12.5. The largest absolute Gasteiger partial charge is 0.492 e. The maximum atomic E-state index is 11.8. The summed E-state index contributed by atoms with van der Waals surface area (Å²) in [5.41, 5.74) is 3.41. The van der Waals surface area contributed by atoms with E-state index < -0.39 is 17.8 Å². The first kappa shape index (κ1) is 25.6. The number of hydrogen-bond acceptors (Lipinski definition) is 5. The molecule has 0 fully saturated rings. The molecule has 0 saturated heterocycles. The minimum atomic E-state index is -0.525.